The van der Waals surface area contributed by atoms with Crippen LogP contribution in [0.15, 0.2) is 47.5 Å². The monoisotopic (exact) mass is 387 g/mol. The fraction of sp³-hybridized carbons (Fsp3) is 0.348. The number of fused-ring (bicyclic) bond motifs is 2. The van der Waals surface area contributed by atoms with Crippen molar-refractivity contribution in [2.75, 3.05) is 25.5 Å². The van der Waals surface area contributed by atoms with Gasteiger partial charge in [-0.2, -0.15) is 0 Å². The van der Waals surface area contributed by atoms with Crippen LogP contribution in [0.2, 0.25) is 0 Å². The Bertz CT molecular complexity index is 1090. The predicted molar refractivity (Wildman–Crippen MR) is 115 cm³/mol. The number of carbonyl (C=O) groups is 1. The number of hydrogen-bond acceptors (Lipinski definition) is 4. The van der Waals surface area contributed by atoms with Gasteiger partial charge in [0, 0.05) is 16.7 Å². The summed E-state index contributed by atoms with van der Waals surface area (Å²) in [6.07, 6.45) is 1.76. The summed E-state index contributed by atoms with van der Waals surface area (Å²) in [6, 6.07) is 14.0. The van der Waals surface area contributed by atoms with Gasteiger partial charge >= 0.3 is 0 Å². The molecule has 0 spiro atoms. The molecule has 29 heavy (non-hydrogen) atoms. The third kappa shape index (κ3) is 3.23. The van der Waals surface area contributed by atoms with Gasteiger partial charge in [-0.3, -0.25) is 9.79 Å². The van der Waals surface area contributed by atoms with E-state index in [-0.39, 0.29) is 11.3 Å². The molecule has 0 unspecified atom stereocenters. The van der Waals surface area contributed by atoms with Gasteiger partial charge in [-0.25, -0.2) is 4.98 Å². The van der Waals surface area contributed by atoms with E-state index in [0.29, 0.717) is 6.54 Å². The highest BCUT2D eigenvalue weighted by molar-refractivity contribution is 6.14. The molecule has 5 rings (SSSR count). The number of H-pyrrole nitrogens is 1. The van der Waals surface area contributed by atoms with Crippen LogP contribution in [0.25, 0.3) is 11.0 Å². The maximum Gasteiger partial charge on any atom is 0.230 e. The highest BCUT2D eigenvalue weighted by atomic mass is 16.2. The number of imidazole rings is 1. The molecule has 3 heterocycles. The number of likely N-dealkylation sites (tertiary alicyclic amines) is 1. The Morgan fingerprint density at radius 1 is 1.17 bits per heavy atom. The summed E-state index contributed by atoms with van der Waals surface area (Å²) in [5.41, 5.74) is 5.48. The molecule has 0 saturated carbocycles. The zero-order valence-corrected chi connectivity index (χ0v) is 16.8. The highest BCUT2D eigenvalue weighted by Gasteiger charge is 2.36. The van der Waals surface area contributed by atoms with Crippen molar-refractivity contribution in [3.63, 3.8) is 0 Å². The Kier molecular flexibility index (Phi) is 4.24. The number of rotatable bonds is 3. The lowest BCUT2D eigenvalue weighted by Crippen LogP contribution is -2.43. The van der Waals surface area contributed by atoms with Gasteiger partial charge in [-0.15, -0.1) is 0 Å². The van der Waals surface area contributed by atoms with E-state index in [2.05, 4.69) is 35.2 Å². The summed E-state index contributed by atoms with van der Waals surface area (Å²) in [5, 5.41) is 3.15. The topological polar surface area (TPSA) is 73.4 Å². The maximum absolute atomic E-state index is 13.0. The average Bonchev–Trinajstić information content (AvgIpc) is 3.33. The number of aliphatic imine (C=N–C) groups is 1. The number of para-hydroxylation sites is 2. The lowest BCUT2D eigenvalue weighted by molar-refractivity contribution is -0.127. The van der Waals surface area contributed by atoms with Crippen LogP contribution in [0.1, 0.15) is 36.7 Å². The van der Waals surface area contributed by atoms with Crippen LogP contribution >= 0.6 is 0 Å². The van der Waals surface area contributed by atoms with E-state index in [0.717, 1.165) is 65.3 Å². The van der Waals surface area contributed by atoms with Crippen LogP contribution in [0, 0.1) is 5.41 Å². The Labute approximate surface area is 170 Å². The second-order valence-electron chi connectivity index (χ2n) is 8.46. The summed E-state index contributed by atoms with van der Waals surface area (Å²) in [6.45, 7) is 4.62. The summed E-state index contributed by atoms with van der Waals surface area (Å²) in [7, 11) is 2.11. The molecule has 1 aromatic heterocycles. The normalized spacial score (nSPS) is 18.5. The first-order valence-corrected chi connectivity index (χ1v) is 10.1. The molecule has 6 nitrogen and oxygen atoms in total. The van der Waals surface area contributed by atoms with Crippen molar-refractivity contribution >= 4 is 28.3 Å². The number of anilines is 1. The number of benzene rings is 2. The van der Waals surface area contributed by atoms with Crippen LogP contribution in [-0.4, -0.2) is 46.6 Å². The van der Waals surface area contributed by atoms with Crippen LogP contribution in [0.3, 0.4) is 0 Å². The molecule has 1 amide bonds. The Morgan fingerprint density at radius 2 is 1.97 bits per heavy atom. The van der Waals surface area contributed by atoms with Gasteiger partial charge in [0.15, 0.2) is 5.82 Å². The number of nitrogens with one attached hydrogen (secondary N) is 2. The smallest absolute Gasteiger partial charge is 0.230 e. The Hall–Kier alpha value is -2.99. The molecule has 0 bridgehead atoms. The Morgan fingerprint density at radius 3 is 2.76 bits per heavy atom. The molecule has 1 fully saturated rings. The van der Waals surface area contributed by atoms with E-state index in [9.17, 15) is 4.79 Å². The lowest BCUT2D eigenvalue weighted by Gasteiger charge is -2.36. The molecule has 3 aromatic rings. The minimum absolute atomic E-state index is 0.103. The molecule has 0 aliphatic carbocycles. The largest absolute Gasteiger partial charge is 0.337 e. The van der Waals surface area contributed by atoms with Gasteiger partial charge in [0.1, 0.15) is 5.71 Å². The van der Waals surface area contributed by atoms with Crippen molar-refractivity contribution in [1.29, 1.82) is 0 Å². The second kappa shape index (κ2) is 6.81. The first kappa shape index (κ1) is 18.1. The molecular formula is C23H25N5O. The van der Waals surface area contributed by atoms with Crippen LogP contribution in [-0.2, 0) is 11.3 Å². The Balaban J connectivity index is 1.40. The van der Waals surface area contributed by atoms with Crippen LogP contribution < -0.4 is 5.32 Å². The average molecular weight is 387 g/mol. The molecule has 1 saturated heterocycles. The van der Waals surface area contributed by atoms with Crippen LogP contribution in [0.5, 0.6) is 0 Å². The number of aromatic nitrogens is 2. The van der Waals surface area contributed by atoms with E-state index in [4.69, 9.17) is 9.98 Å². The summed E-state index contributed by atoms with van der Waals surface area (Å²) < 4.78 is 0. The molecule has 0 radical (unpaired) electrons. The number of piperidine rings is 1. The van der Waals surface area contributed by atoms with Crippen LogP contribution in [0.4, 0.5) is 5.69 Å². The minimum atomic E-state index is -0.318. The van der Waals surface area contributed by atoms with Gasteiger partial charge in [-0.1, -0.05) is 25.1 Å². The molecule has 2 aliphatic rings. The van der Waals surface area contributed by atoms with E-state index in [1.807, 2.05) is 36.4 Å². The molecule has 0 atom stereocenters. The SMILES string of the molecule is CN1CCC(C)(C(=O)Nc2ccc3c(c2)C(c2nc4ccccc4[nH]2)=NC3)CC1. The highest BCUT2D eigenvalue weighted by Crippen LogP contribution is 2.33. The lowest BCUT2D eigenvalue weighted by atomic mass is 9.79. The van der Waals surface area contributed by atoms with Gasteiger partial charge in [-0.05, 0) is 62.8 Å². The van der Waals surface area contributed by atoms with Crippen molar-refractivity contribution in [3.05, 3.63) is 59.4 Å². The molecule has 148 valence electrons. The van der Waals surface area contributed by atoms with E-state index in [1.54, 1.807) is 0 Å². The van der Waals surface area contributed by atoms with E-state index >= 15 is 0 Å². The maximum atomic E-state index is 13.0. The fourth-order valence-electron chi connectivity index (χ4n) is 4.15. The number of carbonyl (C=O) groups excluding carboxylic acids is 1. The predicted octanol–water partition coefficient (Wildman–Crippen LogP) is 3.58. The zero-order valence-electron chi connectivity index (χ0n) is 16.8. The van der Waals surface area contributed by atoms with Crippen molar-refractivity contribution in [3.8, 4) is 0 Å². The molecule has 2 aromatic carbocycles. The van der Waals surface area contributed by atoms with Gasteiger partial charge in [0.2, 0.25) is 5.91 Å². The summed E-state index contributed by atoms with van der Waals surface area (Å²) in [5.74, 6) is 0.876. The molecule has 6 heteroatoms. The fourth-order valence-corrected chi connectivity index (χ4v) is 4.15. The molecular weight excluding hydrogens is 362 g/mol. The molecule has 2 aliphatic heterocycles. The first-order chi connectivity index (χ1) is 14.0. The van der Waals surface area contributed by atoms with Crippen molar-refractivity contribution in [2.24, 2.45) is 10.4 Å². The van der Waals surface area contributed by atoms with Gasteiger partial charge in [0.05, 0.1) is 17.6 Å². The third-order valence-corrected chi connectivity index (χ3v) is 6.28. The minimum Gasteiger partial charge on any atom is -0.337 e. The first-order valence-electron chi connectivity index (χ1n) is 10.1. The zero-order chi connectivity index (χ0) is 20.0. The second-order valence-corrected chi connectivity index (χ2v) is 8.46. The van der Waals surface area contributed by atoms with Crippen molar-refractivity contribution in [1.82, 2.24) is 14.9 Å². The van der Waals surface area contributed by atoms with Crippen molar-refractivity contribution < 1.29 is 4.79 Å². The van der Waals surface area contributed by atoms with Crippen molar-refractivity contribution in [2.45, 2.75) is 26.3 Å². The summed E-state index contributed by atoms with van der Waals surface area (Å²) >= 11 is 0. The van der Waals surface area contributed by atoms with Gasteiger partial charge in [0.25, 0.3) is 0 Å². The quantitative estimate of drug-likeness (QED) is 0.721. The van der Waals surface area contributed by atoms with Gasteiger partial charge < -0.3 is 15.2 Å². The number of nitrogens with zero attached hydrogens (tertiary/aromatic N) is 3. The van der Waals surface area contributed by atoms with E-state index < -0.39 is 0 Å². The third-order valence-electron chi connectivity index (χ3n) is 6.28. The number of aromatic amines is 1. The standard InChI is InChI=1S/C23H25N5O/c1-23(9-11-28(2)12-10-23)22(29)25-16-8-7-15-14-24-20(17(15)13-16)21-26-18-5-3-4-6-19(18)27-21/h3-8,13H,9-12,14H2,1-2H3,(H,25,29)(H,26,27). The molecule has 2 N–H and O–H groups in total. The number of hydrogen-bond donors (Lipinski definition) is 2. The summed E-state index contributed by atoms with van der Waals surface area (Å²) in [4.78, 5) is 28.0. The number of amides is 1. The van der Waals surface area contributed by atoms with E-state index in [1.165, 1.54) is 0 Å².